The van der Waals surface area contributed by atoms with Crippen molar-refractivity contribution in [2.24, 2.45) is 4.99 Å². The summed E-state index contributed by atoms with van der Waals surface area (Å²) >= 11 is 0. The van der Waals surface area contributed by atoms with Crippen molar-refractivity contribution in [1.82, 2.24) is 20.0 Å². The molecule has 8 heteroatoms. The van der Waals surface area contributed by atoms with E-state index in [1.54, 1.807) is 6.07 Å². The maximum Gasteiger partial charge on any atom is 0.408 e. The molecular formula is C10H10F3N5. The van der Waals surface area contributed by atoms with Gasteiger partial charge in [-0.25, -0.2) is 0 Å². The van der Waals surface area contributed by atoms with Crippen LogP contribution in [0.2, 0.25) is 0 Å². The fourth-order valence-corrected chi connectivity index (χ4v) is 1.62. The molecule has 0 saturated carbocycles. The molecule has 18 heavy (non-hydrogen) atoms. The predicted molar refractivity (Wildman–Crippen MR) is 59.8 cm³/mol. The summed E-state index contributed by atoms with van der Waals surface area (Å²) in [4.78, 5) is 3.73. The highest BCUT2D eigenvalue weighted by atomic mass is 19.4. The molecule has 96 valence electrons. The average Bonchev–Trinajstić information content (AvgIpc) is 2.86. The first kappa shape index (κ1) is 12.3. The summed E-state index contributed by atoms with van der Waals surface area (Å²) in [5.74, 6) is 0. The molecule has 0 aliphatic carbocycles. The SMILES string of the molecule is C=Nc1c(-c2ccn[nH]2)nn(CC(F)(F)F)c1C. The van der Waals surface area contributed by atoms with Crippen LogP contribution in [-0.4, -0.2) is 32.9 Å². The third-order valence-electron chi connectivity index (χ3n) is 2.42. The number of nitrogens with one attached hydrogen (secondary N) is 1. The maximum absolute atomic E-state index is 12.4. The van der Waals surface area contributed by atoms with Crippen LogP contribution in [-0.2, 0) is 6.54 Å². The summed E-state index contributed by atoms with van der Waals surface area (Å²) in [6.07, 6.45) is -2.85. The van der Waals surface area contributed by atoms with Gasteiger partial charge in [0, 0.05) is 6.20 Å². The Labute approximate surface area is 100 Å². The molecule has 0 aromatic carbocycles. The monoisotopic (exact) mass is 257 g/mol. The molecule has 0 unspecified atom stereocenters. The van der Waals surface area contributed by atoms with Crippen molar-refractivity contribution >= 4 is 12.4 Å². The molecule has 0 aliphatic rings. The van der Waals surface area contributed by atoms with Crippen LogP contribution < -0.4 is 0 Å². The molecule has 2 aromatic heterocycles. The van der Waals surface area contributed by atoms with E-state index in [0.29, 0.717) is 22.8 Å². The van der Waals surface area contributed by atoms with Gasteiger partial charge in [-0.05, 0) is 19.7 Å². The molecule has 2 rings (SSSR count). The minimum Gasteiger partial charge on any atom is -0.276 e. The summed E-state index contributed by atoms with van der Waals surface area (Å²) in [6, 6.07) is 1.61. The van der Waals surface area contributed by atoms with E-state index in [4.69, 9.17) is 0 Å². The smallest absolute Gasteiger partial charge is 0.276 e. The van der Waals surface area contributed by atoms with Crippen molar-refractivity contribution in [1.29, 1.82) is 0 Å². The lowest BCUT2D eigenvalue weighted by atomic mass is 10.2. The molecule has 0 spiro atoms. The van der Waals surface area contributed by atoms with E-state index in [0.717, 1.165) is 4.68 Å². The van der Waals surface area contributed by atoms with Gasteiger partial charge in [0.25, 0.3) is 0 Å². The minimum absolute atomic E-state index is 0.309. The Bertz CT molecular complexity index is 553. The molecule has 0 aliphatic heterocycles. The van der Waals surface area contributed by atoms with Crippen LogP contribution in [0.4, 0.5) is 18.9 Å². The van der Waals surface area contributed by atoms with Crippen molar-refractivity contribution in [3.8, 4) is 11.4 Å². The Morgan fingerprint density at radius 2 is 2.22 bits per heavy atom. The number of halogens is 3. The molecule has 0 bridgehead atoms. The molecule has 5 nitrogen and oxygen atoms in total. The fourth-order valence-electron chi connectivity index (χ4n) is 1.62. The van der Waals surface area contributed by atoms with E-state index in [2.05, 4.69) is 27.0 Å². The summed E-state index contributed by atoms with van der Waals surface area (Å²) < 4.78 is 38.0. The molecule has 0 amide bonds. The third kappa shape index (κ3) is 2.27. The highest BCUT2D eigenvalue weighted by molar-refractivity contribution is 5.72. The van der Waals surface area contributed by atoms with Gasteiger partial charge in [-0.1, -0.05) is 0 Å². The maximum atomic E-state index is 12.4. The van der Waals surface area contributed by atoms with Crippen molar-refractivity contribution in [2.45, 2.75) is 19.6 Å². The first-order valence-electron chi connectivity index (χ1n) is 5.03. The van der Waals surface area contributed by atoms with E-state index in [1.165, 1.54) is 13.1 Å². The number of aliphatic imine (C=N–C) groups is 1. The second-order valence-electron chi connectivity index (χ2n) is 3.68. The molecule has 2 aromatic rings. The number of hydrogen-bond acceptors (Lipinski definition) is 3. The zero-order chi connectivity index (χ0) is 13.3. The normalized spacial score (nSPS) is 11.8. The first-order chi connectivity index (χ1) is 8.42. The molecular weight excluding hydrogens is 247 g/mol. The van der Waals surface area contributed by atoms with Crippen LogP contribution in [0.1, 0.15) is 5.69 Å². The third-order valence-corrected chi connectivity index (χ3v) is 2.42. The van der Waals surface area contributed by atoms with Crippen LogP contribution in [0.3, 0.4) is 0 Å². The van der Waals surface area contributed by atoms with Crippen LogP contribution in [0, 0.1) is 6.92 Å². The van der Waals surface area contributed by atoms with Crippen molar-refractivity contribution in [3.63, 3.8) is 0 Å². The molecule has 0 fully saturated rings. The van der Waals surface area contributed by atoms with Crippen LogP contribution in [0.5, 0.6) is 0 Å². The topological polar surface area (TPSA) is 58.9 Å². The first-order valence-corrected chi connectivity index (χ1v) is 5.03. The van der Waals surface area contributed by atoms with E-state index in [-0.39, 0.29) is 0 Å². The van der Waals surface area contributed by atoms with Crippen LogP contribution in [0.25, 0.3) is 11.4 Å². The van der Waals surface area contributed by atoms with Gasteiger partial charge < -0.3 is 0 Å². The Balaban J connectivity index is 2.49. The lowest BCUT2D eigenvalue weighted by Gasteiger charge is -2.07. The fraction of sp³-hybridized carbons (Fsp3) is 0.300. The number of rotatable bonds is 3. The van der Waals surface area contributed by atoms with Crippen LogP contribution >= 0.6 is 0 Å². The molecule has 2 heterocycles. The van der Waals surface area contributed by atoms with E-state index in [9.17, 15) is 13.2 Å². The van der Waals surface area contributed by atoms with E-state index in [1.807, 2.05) is 0 Å². The molecule has 0 saturated heterocycles. The quantitative estimate of drug-likeness (QED) is 0.859. The number of aromatic nitrogens is 4. The van der Waals surface area contributed by atoms with Gasteiger partial charge in [-0.3, -0.25) is 14.8 Å². The Hall–Kier alpha value is -2.12. The van der Waals surface area contributed by atoms with Gasteiger partial charge in [-0.2, -0.15) is 23.4 Å². The standard InChI is InChI=1S/C10H10F3N5/c1-6-8(14-2)9(7-3-4-15-16-7)17-18(6)5-10(11,12)13/h3-4H,2,5H2,1H3,(H,15,16). The van der Waals surface area contributed by atoms with Gasteiger partial charge in [0.1, 0.15) is 17.9 Å². The second kappa shape index (κ2) is 4.28. The van der Waals surface area contributed by atoms with Gasteiger partial charge in [0.15, 0.2) is 0 Å². The van der Waals surface area contributed by atoms with Crippen molar-refractivity contribution in [3.05, 3.63) is 18.0 Å². The van der Waals surface area contributed by atoms with Gasteiger partial charge >= 0.3 is 6.18 Å². The van der Waals surface area contributed by atoms with Crippen molar-refractivity contribution < 1.29 is 13.2 Å². The Morgan fingerprint density at radius 3 is 2.72 bits per heavy atom. The largest absolute Gasteiger partial charge is 0.408 e. The van der Waals surface area contributed by atoms with Gasteiger partial charge in [0.05, 0.1) is 11.4 Å². The summed E-state index contributed by atoms with van der Waals surface area (Å²) in [5.41, 5.74) is 1.45. The number of aromatic amines is 1. The van der Waals surface area contributed by atoms with Gasteiger partial charge in [0.2, 0.25) is 0 Å². The van der Waals surface area contributed by atoms with Gasteiger partial charge in [-0.15, -0.1) is 0 Å². The Morgan fingerprint density at radius 1 is 1.50 bits per heavy atom. The lowest BCUT2D eigenvalue weighted by Crippen LogP contribution is -2.19. The van der Waals surface area contributed by atoms with Crippen LogP contribution in [0.15, 0.2) is 17.3 Å². The van der Waals surface area contributed by atoms with E-state index >= 15 is 0 Å². The average molecular weight is 257 g/mol. The zero-order valence-corrected chi connectivity index (χ0v) is 9.49. The number of hydrogen-bond donors (Lipinski definition) is 1. The summed E-state index contributed by atoms with van der Waals surface area (Å²) in [7, 11) is 0. The number of alkyl halides is 3. The number of H-pyrrole nitrogens is 1. The van der Waals surface area contributed by atoms with E-state index < -0.39 is 12.7 Å². The summed E-state index contributed by atoms with van der Waals surface area (Å²) in [6.45, 7) is 3.71. The number of nitrogens with zero attached hydrogens (tertiary/aromatic N) is 4. The summed E-state index contributed by atoms with van der Waals surface area (Å²) in [5, 5.41) is 10.3. The molecule has 0 radical (unpaired) electrons. The molecule has 0 atom stereocenters. The lowest BCUT2D eigenvalue weighted by molar-refractivity contribution is -0.142. The Kier molecular flexibility index (Phi) is 2.93. The minimum atomic E-state index is -4.33. The highest BCUT2D eigenvalue weighted by Crippen LogP contribution is 2.32. The predicted octanol–water partition coefficient (Wildman–Crippen LogP) is 2.48. The highest BCUT2D eigenvalue weighted by Gasteiger charge is 2.30. The van der Waals surface area contributed by atoms with Crippen molar-refractivity contribution in [2.75, 3.05) is 0 Å². The second-order valence-corrected chi connectivity index (χ2v) is 3.68. The molecule has 1 N–H and O–H groups in total. The zero-order valence-electron chi connectivity index (χ0n) is 9.49.